The van der Waals surface area contributed by atoms with E-state index >= 15 is 0 Å². The van der Waals surface area contributed by atoms with Gasteiger partial charge in [-0.25, -0.2) is 0 Å². The van der Waals surface area contributed by atoms with Crippen LogP contribution in [0, 0.1) is 6.92 Å². The molecule has 40 heavy (non-hydrogen) atoms. The highest BCUT2D eigenvalue weighted by Crippen LogP contribution is 2.30. The Morgan fingerprint density at radius 1 is 0.725 bits per heavy atom. The standard InChI is InChI=1S/C36H40N2O2/c1-4-28(3)37-36(40)34(24-29-14-8-5-9-15-29)38(26-30-22-20-27(2)21-23-30)35(39)25-33(31-16-10-6-11-17-31)32-18-12-7-13-19-32/h5-23,28,33-34H,4,24-26H2,1-3H3,(H,37,40). The summed E-state index contributed by atoms with van der Waals surface area (Å²) in [4.78, 5) is 30.0. The zero-order valence-corrected chi connectivity index (χ0v) is 23.8. The maximum atomic E-state index is 14.4. The van der Waals surface area contributed by atoms with E-state index in [9.17, 15) is 9.59 Å². The lowest BCUT2D eigenvalue weighted by Crippen LogP contribution is -2.52. The Kier molecular flexibility index (Phi) is 10.3. The lowest BCUT2D eigenvalue weighted by Gasteiger charge is -2.33. The minimum Gasteiger partial charge on any atom is -0.352 e. The zero-order chi connectivity index (χ0) is 28.3. The lowest BCUT2D eigenvalue weighted by atomic mass is 9.87. The fourth-order valence-corrected chi connectivity index (χ4v) is 4.98. The number of nitrogens with zero attached hydrogens (tertiary/aromatic N) is 1. The van der Waals surface area contributed by atoms with E-state index in [1.165, 1.54) is 0 Å². The van der Waals surface area contributed by atoms with E-state index in [4.69, 9.17) is 0 Å². The molecule has 0 aromatic heterocycles. The Balaban J connectivity index is 1.73. The molecule has 4 aromatic rings. The molecule has 0 aliphatic rings. The highest BCUT2D eigenvalue weighted by atomic mass is 16.2. The third kappa shape index (κ3) is 7.92. The number of aryl methyl sites for hydroxylation is 1. The third-order valence-electron chi connectivity index (χ3n) is 7.53. The fourth-order valence-electron chi connectivity index (χ4n) is 4.98. The molecule has 0 fully saturated rings. The van der Waals surface area contributed by atoms with Crippen molar-refractivity contribution >= 4 is 11.8 Å². The number of carbonyl (C=O) groups excluding carboxylic acids is 2. The molecule has 4 aromatic carbocycles. The zero-order valence-electron chi connectivity index (χ0n) is 23.8. The van der Waals surface area contributed by atoms with Crippen LogP contribution in [0.15, 0.2) is 115 Å². The first-order valence-electron chi connectivity index (χ1n) is 14.2. The van der Waals surface area contributed by atoms with Gasteiger partial charge in [-0.3, -0.25) is 9.59 Å². The summed E-state index contributed by atoms with van der Waals surface area (Å²) in [5, 5.41) is 3.16. The van der Waals surface area contributed by atoms with Crippen LogP contribution >= 0.6 is 0 Å². The average Bonchev–Trinajstić information content (AvgIpc) is 2.99. The first kappa shape index (κ1) is 28.8. The number of hydrogen-bond acceptors (Lipinski definition) is 2. The van der Waals surface area contributed by atoms with E-state index < -0.39 is 6.04 Å². The van der Waals surface area contributed by atoms with Crippen LogP contribution in [0.5, 0.6) is 0 Å². The SMILES string of the molecule is CCC(C)NC(=O)C(Cc1ccccc1)N(Cc1ccc(C)cc1)C(=O)CC(c1ccccc1)c1ccccc1. The van der Waals surface area contributed by atoms with Gasteiger partial charge in [0.15, 0.2) is 0 Å². The molecule has 4 rings (SSSR count). The molecule has 0 spiro atoms. The molecule has 1 N–H and O–H groups in total. The van der Waals surface area contributed by atoms with Crippen LogP contribution in [0.2, 0.25) is 0 Å². The van der Waals surface area contributed by atoms with Gasteiger partial charge in [0.2, 0.25) is 11.8 Å². The molecule has 2 amide bonds. The van der Waals surface area contributed by atoms with Crippen molar-refractivity contribution in [3.8, 4) is 0 Å². The molecule has 0 aliphatic carbocycles. The van der Waals surface area contributed by atoms with Gasteiger partial charge in [-0.1, -0.05) is 128 Å². The van der Waals surface area contributed by atoms with Crippen molar-refractivity contribution < 1.29 is 9.59 Å². The summed E-state index contributed by atoms with van der Waals surface area (Å²) in [5.41, 5.74) is 5.35. The second-order valence-electron chi connectivity index (χ2n) is 10.6. The normalized spacial score (nSPS) is 12.5. The van der Waals surface area contributed by atoms with Crippen LogP contribution in [0.1, 0.15) is 60.4 Å². The van der Waals surface area contributed by atoms with Gasteiger partial charge in [-0.15, -0.1) is 0 Å². The third-order valence-corrected chi connectivity index (χ3v) is 7.53. The maximum Gasteiger partial charge on any atom is 0.243 e. The van der Waals surface area contributed by atoms with Gasteiger partial charge < -0.3 is 10.2 Å². The molecule has 0 saturated heterocycles. The monoisotopic (exact) mass is 532 g/mol. The Bertz CT molecular complexity index is 1300. The Morgan fingerprint density at radius 3 is 1.77 bits per heavy atom. The topological polar surface area (TPSA) is 49.4 Å². The molecule has 4 nitrogen and oxygen atoms in total. The van der Waals surface area contributed by atoms with Gasteiger partial charge in [0.1, 0.15) is 6.04 Å². The minimum absolute atomic E-state index is 0.0171. The second-order valence-corrected chi connectivity index (χ2v) is 10.6. The van der Waals surface area contributed by atoms with Gasteiger partial charge >= 0.3 is 0 Å². The molecular weight excluding hydrogens is 492 g/mol. The molecule has 0 radical (unpaired) electrons. The summed E-state index contributed by atoms with van der Waals surface area (Å²) in [6.07, 6.45) is 1.53. The molecule has 0 bridgehead atoms. The molecule has 0 saturated carbocycles. The van der Waals surface area contributed by atoms with Crippen molar-refractivity contribution in [1.82, 2.24) is 10.2 Å². The lowest BCUT2D eigenvalue weighted by molar-refractivity contribution is -0.141. The highest BCUT2D eigenvalue weighted by Gasteiger charge is 2.32. The number of hydrogen-bond donors (Lipinski definition) is 1. The van der Waals surface area contributed by atoms with Gasteiger partial charge in [0, 0.05) is 31.3 Å². The van der Waals surface area contributed by atoms with Gasteiger partial charge in [-0.2, -0.15) is 0 Å². The summed E-state index contributed by atoms with van der Waals surface area (Å²) < 4.78 is 0. The number of amides is 2. The molecule has 0 heterocycles. The van der Waals surface area contributed by atoms with E-state index in [1.807, 2.05) is 85.8 Å². The predicted molar refractivity (Wildman–Crippen MR) is 163 cm³/mol. The number of carbonyl (C=O) groups is 2. The van der Waals surface area contributed by atoms with Crippen molar-refractivity contribution in [2.75, 3.05) is 0 Å². The van der Waals surface area contributed by atoms with Crippen LogP contribution in [0.3, 0.4) is 0 Å². The summed E-state index contributed by atoms with van der Waals surface area (Å²) in [7, 11) is 0. The fraction of sp³-hybridized carbons (Fsp3) is 0.278. The molecule has 2 atom stereocenters. The summed E-state index contributed by atoms with van der Waals surface area (Å²) >= 11 is 0. The van der Waals surface area contributed by atoms with Crippen LogP contribution in [-0.2, 0) is 22.6 Å². The van der Waals surface area contributed by atoms with E-state index in [-0.39, 0.29) is 30.2 Å². The number of benzene rings is 4. The van der Waals surface area contributed by atoms with E-state index in [2.05, 4.69) is 55.6 Å². The van der Waals surface area contributed by atoms with Crippen molar-refractivity contribution in [2.24, 2.45) is 0 Å². The van der Waals surface area contributed by atoms with Gasteiger partial charge in [0.25, 0.3) is 0 Å². The van der Waals surface area contributed by atoms with Crippen molar-refractivity contribution in [3.63, 3.8) is 0 Å². The van der Waals surface area contributed by atoms with Crippen LogP contribution < -0.4 is 5.32 Å². The highest BCUT2D eigenvalue weighted by molar-refractivity contribution is 5.88. The predicted octanol–water partition coefficient (Wildman–Crippen LogP) is 7.07. The number of nitrogens with one attached hydrogen (secondary N) is 1. The Hall–Kier alpha value is -4.18. The van der Waals surface area contributed by atoms with E-state index in [0.29, 0.717) is 13.0 Å². The van der Waals surface area contributed by atoms with Crippen molar-refractivity contribution in [1.29, 1.82) is 0 Å². The molecule has 4 heteroatoms. The number of rotatable bonds is 12. The van der Waals surface area contributed by atoms with Gasteiger partial charge in [0.05, 0.1) is 0 Å². The largest absolute Gasteiger partial charge is 0.352 e. The smallest absolute Gasteiger partial charge is 0.243 e. The Labute approximate surface area is 239 Å². The van der Waals surface area contributed by atoms with E-state index in [1.54, 1.807) is 4.90 Å². The van der Waals surface area contributed by atoms with Crippen LogP contribution in [-0.4, -0.2) is 28.8 Å². The summed E-state index contributed by atoms with van der Waals surface area (Å²) in [6.45, 7) is 6.47. The second kappa shape index (κ2) is 14.3. The van der Waals surface area contributed by atoms with Crippen LogP contribution in [0.4, 0.5) is 0 Å². The Morgan fingerprint density at radius 2 is 1.25 bits per heavy atom. The van der Waals surface area contributed by atoms with Crippen LogP contribution in [0.25, 0.3) is 0 Å². The van der Waals surface area contributed by atoms with Crippen molar-refractivity contribution in [3.05, 3.63) is 143 Å². The maximum absolute atomic E-state index is 14.4. The minimum atomic E-state index is -0.641. The molecule has 2 unspecified atom stereocenters. The molecular formula is C36H40N2O2. The summed E-state index contributed by atoms with van der Waals surface area (Å²) in [5.74, 6) is -0.279. The van der Waals surface area contributed by atoms with E-state index in [0.717, 1.165) is 34.2 Å². The van der Waals surface area contributed by atoms with Crippen molar-refractivity contribution in [2.45, 2.75) is 64.6 Å². The first-order chi connectivity index (χ1) is 19.4. The first-order valence-corrected chi connectivity index (χ1v) is 14.2. The summed E-state index contributed by atoms with van der Waals surface area (Å²) in [6, 6.07) is 37.9. The molecule has 0 aliphatic heterocycles. The van der Waals surface area contributed by atoms with Gasteiger partial charge in [-0.05, 0) is 42.5 Å². The average molecular weight is 533 g/mol. The quantitative estimate of drug-likeness (QED) is 0.212. The molecule has 206 valence electrons.